The highest BCUT2D eigenvalue weighted by Gasteiger charge is 2.22. The molecule has 1 aromatic rings. The van der Waals surface area contributed by atoms with Crippen LogP contribution in [-0.2, 0) is 0 Å². The van der Waals surface area contributed by atoms with Crippen LogP contribution in [0.25, 0.3) is 0 Å². The molecule has 1 fully saturated rings. The van der Waals surface area contributed by atoms with Crippen molar-refractivity contribution in [3.05, 3.63) is 29.8 Å². The van der Waals surface area contributed by atoms with Gasteiger partial charge in [-0.2, -0.15) is 4.99 Å². The van der Waals surface area contributed by atoms with Gasteiger partial charge < -0.3 is 16.8 Å². The quantitative estimate of drug-likeness (QED) is 0.581. The zero-order valence-corrected chi connectivity index (χ0v) is 13.4. The number of aliphatic imine (C=N–C) groups is 2. The fraction of sp³-hybridized carbons (Fsp3) is 0.500. The van der Waals surface area contributed by atoms with E-state index in [1.807, 2.05) is 31.2 Å². The molecule has 5 N–H and O–H groups in total. The number of likely N-dealkylation sites (tertiary alicyclic amines) is 1. The van der Waals surface area contributed by atoms with Crippen molar-refractivity contribution >= 4 is 17.6 Å². The SMILES string of the molecule is CCN1CCCC1CN=C(N)N=C(N)Nc1ccc(C)cc1. The summed E-state index contributed by atoms with van der Waals surface area (Å²) >= 11 is 0. The number of nitrogens with zero attached hydrogens (tertiary/aromatic N) is 3. The van der Waals surface area contributed by atoms with Gasteiger partial charge in [-0.15, -0.1) is 0 Å². The largest absolute Gasteiger partial charge is 0.369 e. The minimum Gasteiger partial charge on any atom is -0.369 e. The van der Waals surface area contributed by atoms with E-state index in [0.29, 0.717) is 12.6 Å². The highest BCUT2D eigenvalue weighted by atomic mass is 15.2. The van der Waals surface area contributed by atoms with Crippen LogP contribution in [0.1, 0.15) is 25.3 Å². The summed E-state index contributed by atoms with van der Waals surface area (Å²) < 4.78 is 0. The molecule has 0 saturated carbocycles. The zero-order valence-electron chi connectivity index (χ0n) is 13.4. The molecule has 1 unspecified atom stereocenters. The molecule has 1 aliphatic rings. The minimum atomic E-state index is 0.222. The van der Waals surface area contributed by atoms with E-state index in [1.54, 1.807) is 0 Å². The summed E-state index contributed by atoms with van der Waals surface area (Å²) in [6.45, 7) is 7.10. The van der Waals surface area contributed by atoms with E-state index >= 15 is 0 Å². The van der Waals surface area contributed by atoms with Gasteiger partial charge in [0.05, 0.1) is 6.54 Å². The monoisotopic (exact) mass is 302 g/mol. The second-order valence-electron chi connectivity index (χ2n) is 5.61. The first-order valence-electron chi connectivity index (χ1n) is 7.80. The molecule has 120 valence electrons. The van der Waals surface area contributed by atoms with Crippen LogP contribution < -0.4 is 16.8 Å². The van der Waals surface area contributed by atoms with E-state index in [1.165, 1.54) is 18.4 Å². The van der Waals surface area contributed by atoms with Crippen molar-refractivity contribution in [2.24, 2.45) is 21.5 Å². The highest BCUT2D eigenvalue weighted by Crippen LogP contribution is 2.16. The first kappa shape index (κ1) is 16.3. The molecule has 1 heterocycles. The Morgan fingerprint density at radius 2 is 2.05 bits per heavy atom. The van der Waals surface area contributed by atoms with Crippen molar-refractivity contribution in [1.82, 2.24) is 4.90 Å². The van der Waals surface area contributed by atoms with E-state index in [2.05, 4.69) is 27.1 Å². The van der Waals surface area contributed by atoms with Gasteiger partial charge in [0.25, 0.3) is 0 Å². The predicted octanol–water partition coefficient (Wildman–Crippen LogP) is 1.52. The molecular formula is C16H26N6. The van der Waals surface area contributed by atoms with Gasteiger partial charge in [-0.1, -0.05) is 24.6 Å². The molecule has 1 aromatic carbocycles. The lowest BCUT2D eigenvalue weighted by Gasteiger charge is -2.20. The van der Waals surface area contributed by atoms with Gasteiger partial charge in [0, 0.05) is 11.7 Å². The van der Waals surface area contributed by atoms with Gasteiger partial charge >= 0.3 is 0 Å². The molecule has 0 bridgehead atoms. The Morgan fingerprint density at radius 1 is 1.32 bits per heavy atom. The number of aryl methyl sites for hydroxylation is 1. The van der Waals surface area contributed by atoms with Crippen molar-refractivity contribution in [3.63, 3.8) is 0 Å². The van der Waals surface area contributed by atoms with Crippen LogP contribution in [0.5, 0.6) is 0 Å². The number of hydrogen-bond acceptors (Lipinski definition) is 2. The first-order chi connectivity index (χ1) is 10.6. The molecule has 0 spiro atoms. The van der Waals surface area contributed by atoms with Crippen molar-refractivity contribution < 1.29 is 0 Å². The van der Waals surface area contributed by atoms with E-state index in [0.717, 1.165) is 18.8 Å². The molecule has 0 amide bonds. The Morgan fingerprint density at radius 3 is 2.73 bits per heavy atom. The Labute approximate surface area is 132 Å². The Balaban J connectivity index is 1.89. The van der Waals surface area contributed by atoms with E-state index in [4.69, 9.17) is 11.5 Å². The van der Waals surface area contributed by atoms with Crippen LogP contribution in [0.4, 0.5) is 5.69 Å². The summed E-state index contributed by atoms with van der Waals surface area (Å²) in [5, 5.41) is 3.00. The Hall–Kier alpha value is -2.08. The van der Waals surface area contributed by atoms with Crippen LogP contribution in [0.2, 0.25) is 0 Å². The third kappa shape index (κ3) is 4.73. The number of guanidine groups is 2. The molecule has 1 aliphatic heterocycles. The molecule has 1 saturated heterocycles. The number of nitrogens with one attached hydrogen (secondary N) is 1. The standard InChI is InChI=1S/C16H26N6/c1-3-22-10-4-5-14(22)11-19-15(17)21-16(18)20-13-8-6-12(2)7-9-13/h6-9,14H,3-5,10-11H2,1-2H3,(H5,17,18,19,20,21). The molecule has 0 radical (unpaired) electrons. The lowest BCUT2D eigenvalue weighted by Crippen LogP contribution is -2.32. The molecule has 6 nitrogen and oxygen atoms in total. The van der Waals surface area contributed by atoms with Crippen molar-refractivity contribution in [1.29, 1.82) is 0 Å². The van der Waals surface area contributed by atoms with Crippen LogP contribution in [0, 0.1) is 6.92 Å². The minimum absolute atomic E-state index is 0.222. The summed E-state index contributed by atoms with van der Waals surface area (Å²) in [5.74, 6) is 0.476. The lowest BCUT2D eigenvalue weighted by molar-refractivity contribution is 0.273. The van der Waals surface area contributed by atoms with Gasteiger partial charge in [-0.3, -0.25) is 4.90 Å². The van der Waals surface area contributed by atoms with Gasteiger partial charge in [0.2, 0.25) is 11.9 Å². The molecule has 1 atom stereocenters. The molecule has 0 aliphatic carbocycles. The fourth-order valence-electron chi connectivity index (χ4n) is 2.69. The molecular weight excluding hydrogens is 276 g/mol. The van der Waals surface area contributed by atoms with E-state index in [-0.39, 0.29) is 11.9 Å². The topological polar surface area (TPSA) is 92.0 Å². The first-order valence-corrected chi connectivity index (χ1v) is 7.80. The Bertz CT molecular complexity index is 534. The van der Waals surface area contributed by atoms with Gasteiger partial charge in [-0.25, -0.2) is 4.99 Å². The fourth-order valence-corrected chi connectivity index (χ4v) is 2.69. The number of benzene rings is 1. The molecule has 6 heteroatoms. The van der Waals surface area contributed by atoms with Gasteiger partial charge in [-0.05, 0) is 45.0 Å². The second kappa shape index (κ2) is 7.79. The average molecular weight is 302 g/mol. The smallest absolute Gasteiger partial charge is 0.218 e. The highest BCUT2D eigenvalue weighted by molar-refractivity contribution is 6.00. The summed E-state index contributed by atoms with van der Waals surface area (Å²) in [6, 6.07) is 8.38. The maximum atomic E-state index is 5.85. The second-order valence-corrected chi connectivity index (χ2v) is 5.61. The molecule has 2 rings (SSSR count). The summed E-state index contributed by atoms with van der Waals surface area (Å²) in [7, 11) is 0. The van der Waals surface area contributed by atoms with E-state index in [9.17, 15) is 0 Å². The van der Waals surface area contributed by atoms with Crippen LogP contribution in [0.3, 0.4) is 0 Å². The molecule has 0 aromatic heterocycles. The zero-order chi connectivity index (χ0) is 15.9. The summed E-state index contributed by atoms with van der Waals surface area (Å²) in [6.07, 6.45) is 2.40. The average Bonchev–Trinajstić information content (AvgIpc) is 2.95. The third-order valence-corrected chi connectivity index (χ3v) is 3.93. The number of hydrogen-bond donors (Lipinski definition) is 3. The number of likely N-dealkylation sites (N-methyl/N-ethyl adjacent to an activating group) is 1. The predicted molar refractivity (Wildman–Crippen MR) is 93.2 cm³/mol. The van der Waals surface area contributed by atoms with Crippen LogP contribution >= 0.6 is 0 Å². The maximum Gasteiger partial charge on any atom is 0.218 e. The number of anilines is 1. The van der Waals surface area contributed by atoms with Crippen LogP contribution in [-0.4, -0.2) is 42.5 Å². The van der Waals surface area contributed by atoms with Crippen LogP contribution in [0.15, 0.2) is 34.3 Å². The molecule has 22 heavy (non-hydrogen) atoms. The summed E-state index contributed by atoms with van der Waals surface area (Å²) in [5.41, 5.74) is 13.8. The summed E-state index contributed by atoms with van der Waals surface area (Å²) in [4.78, 5) is 10.9. The van der Waals surface area contributed by atoms with Gasteiger partial charge in [0.15, 0.2) is 0 Å². The number of nitrogens with two attached hydrogens (primary N) is 2. The maximum absolute atomic E-state index is 5.85. The van der Waals surface area contributed by atoms with Gasteiger partial charge in [0.1, 0.15) is 0 Å². The van der Waals surface area contributed by atoms with E-state index < -0.39 is 0 Å². The third-order valence-electron chi connectivity index (χ3n) is 3.93. The van der Waals surface area contributed by atoms with Crippen molar-refractivity contribution in [3.8, 4) is 0 Å². The number of rotatable bonds is 4. The normalized spacial score (nSPS) is 20.4. The lowest BCUT2D eigenvalue weighted by atomic mass is 10.2. The van der Waals surface area contributed by atoms with Crippen molar-refractivity contribution in [2.45, 2.75) is 32.7 Å². The van der Waals surface area contributed by atoms with Crippen molar-refractivity contribution in [2.75, 3.05) is 25.0 Å². The Kier molecular flexibility index (Phi) is 5.77.